The zero-order chi connectivity index (χ0) is 16.4. The van der Waals surface area contributed by atoms with Gasteiger partial charge in [0.25, 0.3) is 0 Å². The van der Waals surface area contributed by atoms with E-state index in [0.717, 1.165) is 22.8 Å². The van der Waals surface area contributed by atoms with E-state index >= 15 is 0 Å². The molecule has 0 aliphatic heterocycles. The Morgan fingerprint density at radius 3 is 2.45 bits per heavy atom. The second-order valence-electron chi connectivity index (χ2n) is 4.86. The Balaban J connectivity index is 0.000000228. The van der Waals surface area contributed by atoms with Crippen LogP contribution in [0, 0.1) is 19.8 Å². The van der Waals surface area contributed by atoms with Crippen molar-refractivity contribution in [1.82, 2.24) is 15.0 Å². The van der Waals surface area contributed by atoms with Gasteiger partial charge in [-0.1, -0.05) is 19.9 Å². The molecule has 0 saturated heterocycles. The fourth-order valence-electron chi connectivity index (χ4n) is 1.47. The molecule has 0 amide bonds. The van der Waals surface area contributed by atoms with E-state index in [1.54, 1.807) is 12.4 Å². The normalized spacial score (nSPS) is 12.4. The van der Waals surface area contributed by atoms with Gasteiger partial charge in [-0.05, 0) is 60.2 Å². The molecule has 2 aromatic heterocycles. The standard InChI is InChI=1S/C9H11BrN2O.C6H7N.C2H6/c1-6-11-4-8(10)9(12-6)13-5-7-2-3-7;1-6-3-2-4-7-5-6;1-2/h4,7H,2-3,5H2,1H3;2-5H,1H3;1-2H3. The number of hydrogen-bond donors (Lipinski definition) is 0. The summed E-state index contributed by atoms with van der Waals surface area (Å²) in [5.74, 6) is 2.16. The van der Waals surface area contributed by atoms with Gasteiger partial charge in [0.2, 0.25) is 5.88 Å². The predicted molar refractivity (Wildman–Crippen MR) is 93.0 cm³/mol. The van der Waals surface area contributed by atoms with E-state index in [2.05, 4.69) is 30.9 Å². The fourth-order valence-corrected chi connectivity index (χ4v) is 1.77. The molecule has 1 saturated carbocycles. The second kappa shape index (κ2) is 10.3. The van der Waals surface area contributed by atoms with Crippen LogP contribution in [0.25, 0.3) is 0 Å². The zero-order valence-electron chi connectivity index (χ0n) is 13.7. The Hall–Kier alpha value is -1.49. The first kappa shape index (κ1) is 18.6. The van der Waals surface area contributed by atoms with Crippen LogP contribution in [0.5, 0.6) is 5.88 Å². The number of pyridine rings is 1. The smallest absolute Gasteiger partial charge is 0.231 e. The summed E-state index contributed by atoms with van der Waals surface area (Å²) in [6.07, 6.45) is 7.92. The Labute approximate surface area is 141 Å². The van der Waals surface area contributed by atoms with E-state index in [0.29, 0.717) is 5.88 Å². The molecule has 0 bridgehead atoms. The van der Waals surface area contributed by atoms with Gasteiger partial charge in [-0.25, -0.2) is 4.98 Å². The maximum absolute atomic E-state index is 5.54. The van der Waals surface area contributed by atoms with Gasteiger partial charge in [0.05, 0.1) is 11.1 Å². The third-order valence-corrected chi connectivity index (χ3v) is 3.34. The average molecular weight is 366 g/mol. The molecule has 0 aromatic carbocycles. The van der Waals surface area contributed by atoms with Crippen molar-refractivity contribution in [2.24, 2.45) is 5.92 Å². The van der Waals surface area contributed by atoms with Gasteiger partial charge in [-0.3, -0.25) is 4.98 Å². The van der Waals surface area contributed by atoms with Crippen LogP contribution in [-0.4, -0.2) is 21.6 Å². The van der Waals surface area contributed by atoms with E-state index in [1.807, 2.05) is 46.0 Å². The van der Waals surface area contributed by atoms with Gasteiger partial charge in [-0.2, -0.15) is 4.98 Å². The summed E-state index contributed by atoms with van der Waals surface area (Å²) in [5, 5.41) is 0. The third-order valence-electron chi connectivity index (χ3n) is 2.79. The number of aromatic nitrogens is 3. The monoisotopic (exact) mass is 365 g/mol. The first-order chi connectivity index (χ1) is 10.6. The third kappa shape index (κ3) is 7.50. The fraction of sp³-hybridized carbons (Fsp3) is 0.471. The van der Waals surface area contributed by atoms with Crippen molar-refractivity contribution >= 4 is 15.9 Å². The summed E-state index contributed by atoms with van der Waals surface area (Å²) < 4.78 is 6.38. The molecular formula is C17H24BrN3O. The van der Waals surface area contributed by atoms with E-state index in [9.17, 15) is 0 Å². The molecular weight excluding hydrogens is 342 g/mol. The molecule has 3 rings (SSSR count). The van der Waals surface area contributed by atoms with Gasteiger partial charge in [-0.15, -0.1) is 0 Å². The van der Waals surface area contributed by atoms with E-state index in [1.165, 1.54) is 18.4 Å². The van der Waals surface area contributed by atoms with Crippen LogP contribution in [0.1, 0.15) is 38.1 Å². The van der Waals surface area contributed by atoms with Crippen LogP contribution >= 0.6 is 15.9 Å². The number of ether oxygens (including phenoxy) is 1. The molecule has 0 N–H and O–H groups in total. The Bertz CT molecular complexity index is 545. The summed E-state index contributed by atoms with van der Waals surface area (Å²) in [6, 6.07) is 3.95. The van der Waals surface area contributed by atoms with Crippen molar-refractivity contribution in [3.05, 3.63) is 46.6 Å². The first-order valence-corrected chi connectivity index (χ1v) is 8.43. The number of aryl methyl sites for hydroxylation is 2. The largest absolute Gasteiger partial charge is 0.476 e. The number of hydrogen-bond acceptors (Lipinski definition) is 4. The van der Waals surface area contributed by atoms with Crippen LogP contribution < -0.4 is 4.74 Å². The highest BCUT2D eigenvalue weighted by Gasteiger charge is 2.22. The van der Waals surface area contributed by atoms with Crippen LogP contribution in [0.2, 0.25) is 0 Å². The number of nitrogens with zero attached hydrogens (tertiary/aromatic N) is 3. The first-order valence-electron chi connectivity index (χ1n) is 7.63. The molecule has 22 heavy (non-hydrogen) atoms. The van der Waals surface area contributed by atoms with Gasteiger partial charge >= 0.3 is 0 Å². The highest BCUT2D eigenvalue weighted by atomic mass is 79.9. The summed E-state index contributed by atoms with van der Waals surface area (Å²) in [5.41, 5.74) is 1.21. The van der Waals surface area contributed by atoms with Gasteiger partial charge < -0.3 is 4.74 Å². The van der Waals surface area contributed by atoms with Crippen LogP contribution in [0.4, 0.5) is 0 Å². The minimum atomic E-state index is 0.666. The van der Waals surface area contributed by atoms with Gasteiger partial charge in [0.1, 0.15) is 5.82 Å². The molecule has 0 unspecified atom stereocenters. The molecule has 4 nitrogen and oxygen atoms in total. The molecule has 0 radical (unpaired) electrons. The SMILES string of the molecule is CC.Cc1cccnc1.Cc1ncc(Br)c(OCC2CC2)n1. The average Bonchev–Trinajstić information content (AvgIpc) is 3.36. The van der Waals surface area contributed by atoms with Crippen molar-refractivity contribution in [2.45, 2.75) is 40.5 Å². The van der Waals surface area contributed by atoms with Crippen LogP contribution in [0.15, 0.2) is 35.2 Å². The van der Waals surface area contributed by atoms with Gasteiger partial charge in [0.15, 0.2) is 0 Å². The Morgan fingerprint density at radius 2 is 1.95 bits per heavy atom. The molecule has 1 aliphatic rings. The lowest BCUT2D eigenvalue weighted by atomic mass is 10.3. The van der Waals surface area contributed by atoms with E-state index in [-0.39, 0.29) is 0 Å². The molecule has 1 fully saturated rings. The summed E-state index contributed by atoms with van der Waals surface area (Å²) >= 11 is 3.35. The lowest BCUT2D eigenvalue weighted by Crippen LogP contribution is -2.02. The zero-order valence-corrected chi connectivity index (χ0v) is 15.3. The van der Waals surface area contributed by atoms with Crippen molar-refractivity contribution < 1.29 is 4.74 Å². The summed E-state index contributed by atoms with van der Waals surface area (Å²) in [4.78, 5) is 12.1. The number of halogens is 1. The molecule has 5 heteroatoms. The maximum atomic E-state index is 5.54. The molecule has 1 aliphatic carbocycles. The summed E-state index contributed by atoms with van der Waals surface area (Å²) in [7, 11) is 0. The minimum Gasteiger partial charge on any atom is -0.476 e. The van der Waals surface area contributed by atoms with Gasteiger partial charge in [0, 0.05) is 18.6 Å². The predicted octanol–water partition coefficient (Wildman–Crippen LogP) is 4.75. The Morgan fingerprint density at radius 1 is 1.23 bits per heavy atom. The highest BCUT2D eigenvalue weighted by Crippen LogP contribution is 2.30. The molecule has 2 heterocycles. The van der Waals surface area contributed by atoms with Crippen molar-refractivity contribution in [1.29, 1.82) is 0 Å². The van der Waals surface area contributed by atoms with Crippen molar-refractivity contribution in [3.8, 4) is 5.88 Å². The quantitative estimate of drug-likeness (QED) is 0.786. The molecule has 2 aromatic rings. The van der Waals surface area contributed by atoms with Crippen LogP contribution in [0.3, 0.4) is 0 Å². The number of rotatable bonds is 3. The summed E-state index contributed by atoms with van der Waals surface area (Å²) in [6.45, 7) is 8.67. The topological polar surface area (TPSA) is 47.9 Å². The molecule has 0 spiro atoms. The highest BCUT2D eigenvalue weighted by molar-refractivity contribution is 9.10. The lowest BCUT2D eigenvalue weighted by molar-refractivity contribution is 0.285. The minimum absolute atomic E-state index is 0.666. The van der Waals surface area contributed by atoms with Crippen LogP contribution in [-0.2, 0) is 0 Å². The second-order valence-corrected chi connectivity index (χ2v) is 5.71. The van der Waals surface area contributed by atoms with E-state index in [4.69, 9.17) is 4.74 Å². The molecule has 120 valence electrons. The maximum Gasteiger partial charge on any atom is 0.231 e. The lowest BCUT2D eigenvalue weighted by Gasteiger charge is -2.05. The van der Waals surface area contributed by atoms with E-state index < -0.39 is 0 Å². The van der Waals surface area contributed by atoms with Crippen molar-refractivity contribution in [2.75, 3.05) is 6.61 Å². The van der Waals surface area contributed by atoms with Crippen molar-refractivity contribution in [3.63, 3.8) is 0 Å². The Kier molecular flexibility index (Phi) is 8.67. The molecule has 0 atom stereocenters.